The van der Waals surface area contributed by atoms with Crippen LogP contribution in [0.25, 0.3) is 5.65 Å². The molecule has 2 aliphatic rings. The molecule has 1 saturated heterocycles. The fourth-order valence-electron chi connectivity index (χ4n) is 5.45. The Balaban J connectivity index is 1.31. The van der Waals surface area contributed by atoms with Crippen LogP contribution in [0.2, 0.25) is 5.02 Å². The van der Waals surface area contributed by atoms with Crippen LogP contribution in [0, 0.1) is 22.7 Å². The average Bonchev–Trinajstić information content (AvgIpc) is 3.82. The minimum absolute atomic E-state index is 0.195. The van der Waals surface area contributed by atoms with Crippen molar-refractivity contribution in [2.45, 2.75) is 51.8 Å². The summed E-state index contributed by atoms with van der Waals surface area (Å²) in [5.41, 5.74) is 2.69. The van der Waals surface area contributed by atoms with E-state index in [1.807, 2.05) is 49.9 Å². The van der Waals surface area contributed by atoms with Crippen LogP contribution in [-0.4, -0.2) is 75.5 Å². The molecule has 1 amide bonds. The van der Waals surface area contributed by atoms with Crippen molar-refractivity contribution in [1.82, 2.24) is 24.5 Å². The monoisotopic (exact) mass is 654 g/mol. The molecule has 13 nitrogen and oxygen atoms in total. The van der Waals surface area contributed by atoms with Crippen LogP contribution in [0.15, 0.2) is 42.6 Å². The van der Waals surface area contributed by atoms with Gasteiger partial charge < -0.3 is 29.5 Å². The highest BCUT2D eigenvalue weighted by Crippen LogP contribution is 2.38. The molecule has 242 valence electrons. The summed E-state index contributed by atoms with van der Waals surface area (Å²) in [5.74, 6) is 1.55. The minimum atomic E-state index is -0.583. The number of carbonyl (C=O) groups is 1. The second-order valence-corrected chi connectivity index (χ2v) is 12.9. The van der Waals surface area contributed by atoms with Gasteiger partial charge in [-0.3, -0.25) is 0 Å². The Kier molecular flexibility index (Phi) is 8.67. The van der Waals surface area contributed by atoms with Crippen molar-refractivity contribution >= 4 is 46.5 Å². The van der Waals surface area contributed by atoms with Gasteiger partial charge in [-0.15, -0.1) is 5.10 Å². The van der Waals surface area contributed by atoms with Crippen LogP contribution in [0.1, 0.15) is 50.4 Å². The molecule has 0 bridgehead atoms. The summed E-state index contributed by atoms with van der Waals surface area (Å²) < 4.78 is 12.3. The summed E-state index contributed by atoms with van der Waals surface area (Å²) in [6.45, 7) is 7.97. The van der Waals surface area contributed by atoms with Gasteiger partial charge >= 0.3 is 6.09 Å². The van der Waals surface area contributed by atoms with Crippen molar-refractivity contribution in [3.8, 4) is 17.9 Å². The zero-order valence-electron chi connectivity index (χ0n) is 26.7. The third-order valence-electron chi connectivity index (χ3n) is 7.93. The molecule has 0 atom stereocenters. The third-order valence-corrected chi connectivity index (χ3v) is 8.33. The van der Waals surface area contributed by atoms with Gasteiger partial charge in [-0.25, -0.2) is 9.78 Å². The highest BCUT2D eigenvalue weighted by Gasteiger charge is 2.33. The molecule has 2 aromatic carbocycles. The molecule has 4 aromatic rings. The van der Waals surface area contributed by atoms with E-state index in [0.717, 1.165) is 24.2 Å². The van der Waals surface area contributed by atoms with E-state index in [2.05, 4.69) is 32.4 Å². The molecule has 47 heavy (non-hydrogen) atoms. The number of nitriles is 2. The Bertz CT molecular complexity index is 1880. The van der Waals surface area contributed by atoms with Gasteiger partial charge in [-0.1, -0.05) is 23.7 Å². The third kappa shape index (κ3) is 6.95. The predicted octanol–water partition coefficient (Wildman–Crippen LogP) is 5.50. The smallest absolute Gasteiger partial charge is 0.410 e. The van der Waals surface area contributed by atoms with Crippen molar-refractivity contribution in [1.29, 1.82) is 10.5 Å². The highest BCUT2D eigenvalue weighted by molar-refractivity contribution is 6.36. The van der Waals surface area contributed by atoms with E-state index in [1.165, 1.54) is 10.7 Å². The van der Waals surface area contributed by atoms with Crippen LogP contribution in [-0.2, 0) is 11.3 Å². The number of ether oxygens (including phenoxy) is 2. The van der Waals surface area contributed by atoms with E-state index in [4.69, 9.17) is 26.1 Å². The largest absolute Gasteiger partial charge is 0.497 e. The number of carbonyl (C=O) groups excluding carboxylic acids is 1. The maximum Gasteiger partial charge on any atom is 0.410 e. The molecular weight excluding hydrogens is 620 g/mol. The van der Waals surface area contributed by atoms with Crippen LogP contribution in [0.4, 0.5) is 27.9 Å². The number of fused-ring (bicyclic) bond motifs is 1. The number of nitrogens with zero attached hydrogens (tertiary/aromatic N) is 9. The Hall–Kier alpha value is -5.27. The summed E-state index contributed by atoms with van der Waals surface area (Å²) in [7, 11) is 1.64. The van der Waals surface area contributed by atoms with Gasteiger partial charge in [0.1, 0.15) is 17.4 Å². The zero-order valence-corrected chi connectivity index (χ0v) is 27.5. The average molecular weight is 655 g/mol. The lowest BCUT2D eigenvalue weighted by Gasteiger charge is -2.37. The summed E-state index contributed by atoms with van der Waals surface area (Å²) in [5, 5.41) is 27.9. The summed E-state index contributed by atoms with van der Waals surface area (Å²) in [6.07, 6.45) is 3.13. The van der Waals surface area contributed by atoms with E-state index in [1.54, 1.807) is 24.1 Å². The van der Waals surface area contributed by atoms with Crippen molar-refractivity contribution < 1.29 is 14.3 Å². The Morgan fingerprint density at radius 2 is 1.83 bits per heavy atom. The van der Waals surface area contributed by atoms with Gasteiger partial charge in [0.05, 0.1) is 41.3 Å². The number of anilines is 4. The van der Waals surface area contributed by atoms with Crippen molar-refractivity contribution in [3.63, 3.8) is 0 Å². The van der Waals surface area contributed by atoms with Crippen LogP contribution in [0.3, 0.4) is 0 Å². The summed E-state index contributed by atoms with van der Waals surface area (Å²) in [6, 6.07) is 15.9. The molecule has 2 aromatic heterocycles. The number of imidazole rings is 1. The van der Waals surface area contributed by atoms with Gasteiger partial charge in [0.2, 0.25) is 5.95 Å². The molecule has 0 radical (unpaired) electrons. The fraction of sp³-hybridized carbons (Fsp3) is 0.394. The number of aromatic nitrogens is 4. The number of piperazine rings is 1. The first-order valence-electron chi connectivity index (χ1n) is 15.4. The maximum absolute atomic E-state index is 12.6. The number of nitrogens with one attached hydrogen (secondary N) is 1. The highest BCUT2D eigenvalue weighted by atomic mass is 35.5. The lowest BCUT2D eigenvalue weighted by Crippen LogP contribution is -2.50. The lowest BCUT2D eigenvalue weighted by molar-refractivity contribution is 0.0240. The Morgan fingerprint density at radius 1 is 1.11 bits per heavy atom. The van der Waals surface area contributed by atoms with E-state index in [9.17, 15) is 15.3 Å². The molecule has 0 unspecified atom stereocenters. The number of hydrogen-bond acceptors (Lipinski definition) is 11. The predicted molar refractivity (Wildman–Crippen MR) is 177 cm³/mol. The van der Waals surface area contributed by atoms with Crippen molar-refractivity contribution in [3.05, 3.63) is 64.4 Å². The first-order valence-corrected chi connectivity index (χ1v) is 15.7. The second kappa shape index (κ2) is 12.9. The number of hydrogen-bond donors (Lipinski definition) is 1. The lowest BCUT2D eigenvalue weighted by atomic mass is 10.1. The molecule has 1 aliphatic heterocycles. The zero-order chi connectivity index (χ0) is 33.3. The minimum Gasteiger partial charge on any atom is -0.497 e. The second-order valence-electron chi connectivity index (χ2n) is 12.5. The molecule has 14 heteroatoms. The molecule has 2 fully saturated rings. The van der Waals surface area contributed by atoms with Gasteiger partial charge in [0.25, 0.3) is 0 Å². The van der Waals surface area contributed by atoms with Crippen molar-refractivity contribution in [2.75, 3.05) is 48.4 Å². The normalized spacial score (nSPS) is 14.8. The van der Waals surface area contributed by atoms with Gasteiger partial charge in [-0.05, 0) is 63.4 Å². The number of amides is 1. The quantitative estimate of drug-likeness (QED) is 0.257. The number of rotatable bonds is 8. The first-order chi connectivity index (χ1) is 22.6. The fourth-order valence-corrected chi connectivity index (χ4v) is 5.73. The topological polar surface area (TPSA) is 148 Å². The van der Waals surface area contributed by atoms with Gasteiger partial charge in [0.15, 0.2) is 17.2 Å². The van der Waals surface area contributed by atoms with Crippen LogP contribution in [0.5, 0.6) is 5.75 Å². The number of methoxy groups -OCH3 is 1. The molecule has 1 saturated carbocycles. The Morgan fingerprint density at radius 3 is 2.45 bits per heavy atom. The van der Waals surface area contributed by atoms with Gasteiger partial charge in [-0.2, -0.15) is 20.0 Å². The van der Waals surface area contributed by atoms with E-state index in [0.29, 0.717) is 66.1 Å². The molecule has 6 rings (SSSR count). The molecule has 1 N–H and O–H groups in total. The van der Waals surface area contributed by atoms with Crippen molar-refractivity contribution in [2.24, 2.45) is 0 Å². The number of halogens is 1. The summed E-state index contributed by atoms with van der Waals surface area (Å²) in [4.78, 5) is 27.9. The summed E-state index contributed by atoms with van der Waals surface area (Å²) >= 11 is 6.99. The molecule has 0 spiro atoms. The first kappa shape index (κ1) is 31.7. The molecule has 1 aliphatic carbocycles. The van der Waals surface area contributed by atoms with E-state index < -0.39 is 5.60 Å². The molecule has 3 heterocycles. The SMILES string of the molecule is COc1ccc(CN(c2nc(Nc3cc(C#N)cc(N4CCN(C(=O)OC(C)(C)C)CC4)c3Cl)nn3c(C#N)cnc23)C2CC2)cc1. The maximum atomic E-state index is 12.6. The number of benzene rings is 2. The molecular formula is C33H35ClN10O3. The van der Waals surface area contributed by atoms with Crippen LogP contribution < -0.4 is 19.9 Å². The van der Waals surface area contributed by atoms with Crippen LogP contribution >= 0.6 is 11.6 Å². The van der Waals surface area contributed by atoms with E-state index >= 15 is 0 Å². The standard InChI is InChI=1S/C33H35ClN10O3/c1-33(2,3)47-32(45)42-13-11-41(12-14-42)27-16-22(17-35)15-26(28(27)34)38-31-39-30(29-37-19-24(18-36)44(29)40-31)43(23-7-8-23)20-21-5-9-25(46-4)10-6-21/h5-6,9-10,15-16,19,23H,7-8,11-14,20H2,1-4H3,(H,38,40). The Labute approximate surface area is 277 Å². The van der Waals surface area contributed by atoms with E-state index in [-0.39, 0.29) is 23.8 Å². The van der Waals surface area contributed by atoms with Gasteiger partial charge in [0, 0.05) is 38.8 Å².